The first-order chi connectivity index (χ1) is 6.43. The van der Waals surface area contributed by atoms with Crippen molar-refractivity contribution in [2.75, 3.05) is 19.8 Å². The minimum Gasteiger partial charge on any atom is -0.379 e. The van der Waals surface area contributed by atoms with Gasteiger partial charge in [0.1, 0.15) is 0 Å². The molecule has 13 heavy (non-hydrogen) atoms. The summed E-state index contributed by atoms with van der Waals surface area (Å²) in [5.41, 5.74) is 0. The number of rotatable bonds is 6. The van der Waals surface area contributed by atoms with Crippen LogP contribution >= 0.6 is 0 Å². The van der Waals surface area contributed by atoms with E-state index in [2.05, 4.69) is 6.07 Å². The fourth-order valence-electron chi connectivity index (χ4n) is 1.40. The summed E-state index contributed by atoms with van der Waals surface area (Å²) in [4.78, 5) is 0. The number of nitrogens with zero attached hydrogens (tertiary/aromatic N) is 1. The van der Waals surface area contributed by atoms with Gasteiger partial charge in [-0.1, -0.05) is 0 Å². The summed E-state index contributed by atoms with van der Waals surface area (Å²) < 4.78 is 10.8. The molecule has 3 heteroatoms. The lowest BCUT2D eigenvalue weighted by molar-refractivity contribution is 0.0163. The summed E-state index contributed by atoms with van der Waals surface area (Å²) in [6, 6.07) is 2.12. The van der Waals surface area contributed by atoms with Crippen LogP contribution in [0.2, 0.25) is 0 Å². The van der Waals surface area contributed by atoms with E-state index in [1.54, 1.807) is 0 Å². The zero-order valence-corrected chi connectivity index (χ0v) is 8.00. The monoisotopic (exact) mass is 183 g/mol. The molecule has 1 aliphatic rings. The standard InChI is InChI=1S/C10H17NO2/c11-6-2-1-3-7-12-9-10-5-4-8-13-10/h10H,1-5,7-9H2. The Balaban J connectivity index is 1.81. The summed E-state index contributed by atoms with van der Waals surface area (Å²) in [6.07, 6.45) is 5.21. The van der Waals surface area contributed by atoms with Crippen LogP contribution in [-0.4, -0.2) is 25.9 Å². The van der Waals surface area contributed by atoms with Crippen LogP contribution in [0.1, 0.15) is 32.1 Å². The Morgan fingerprint density at radius 3 is 3.08 bits per heavy atom. The van der Waals surface area contributed by atoms with Crippen molar-refractivity contribution in [3.8, 4) is 6.07 Å². The van der Waals surface area contributed by atoms with E-state index in [0.717, 1.165) is 39.1 Å². The van der Waals surface area contributed by atoms with Gasteiger partial charge in [-0.3, -0.25) is 0 Å². The van der Waals surface area contributed by atoms with E-state index >= 15 is 0 Å². The Kier molecular flexibility index (Phi) is 5.55. The van der Waals surface area contributed by atoms with E-state index in [1.165, 1.54) is 6.42 Å². The van der Waals surface area contributed by atoms with E-state index in [4.69, 9.17) is 14.7 Å². The molecule has 0 aromatic heterocycles. The molecule has 0 N–H and O–H groups in total. The highest BCUT2D eigenvalue weighted by Gasteiger charge is 2.14. The maximum atomic E-state index is 8.28. The molecule has 0 aromatic rings. The van der Waals surface area contributed by atoms with Crippen molar-refractivity contribution >= 4 is 0 Å². The van der Waals surface area contributed by atoms with Gasteiger partial charge >= 0.3 is 0 Å². The molecule has 0 spiro atoms. The van der Waals surface area contributed by atoms with Gasteiger partial charge in [0.25, 0.3) is 0 Å². The Labute approximate surface area is 79.6 Å². The van der Waals surface area contributed by atoms with Crippen molar-refractivity contribution in [1.82, 2.24) is 0 Å². The molecule has 0 saturated carbocycles. The normalized spacial score (nSPS) is 21.6. The van der Waals surface area contributed by atoms with Crippen LogP contribution in [0.3, 0.4) is 0 Å². The third-order valence-electron chi connectivity index (χ3n) is 2.15. The second kappa shape index (κ2) is 6.88. The van der Waals surface area contributed by atoms with Crippen molar-refractivity contribution in [3.63, 3.8) is 0 Å². The Morgan fingerprint density at radius 1 is 1.46 bits per heavy atom. The second-order valence-electron chi connectivity index (χ2n) is 3.33. The van der Waals surface area contributed by atoms with Crippen LogP contribution < -0.4 is 0 Å². The Morgan fingerprint density at radius 2 is 2.38 bits per heavy atom. The van der Waals surface area contributed by atoms with Crippen LogP contribution in [0.5, 0.6) is 0 Å². The second-order valence-corrected chi connectivity index (χ2v) is 3.33. The molecule has 0 amide bonds. The van der Waals surface area contributed by atoms with Crippen LogP contribution in [0.25, 0.3) is 0 Å². The zero-order chi connectivity index (χ0) is 9.36. The molecule has 1 saturated heterocycles. The molecule has 0 aromatic carbocycles. The largest absolute Gasteiger partial charge is 0.379 e. The molecule has 1 unspecified atom stereocenters. The fraction of sp³-hybridized carbons (Fsp3) is 0.900. The molecule has 1 atom stereocenters. The molecule has 1 rings (SSSR count). The molecular formula is C10H17NO2. The first kappa shape index (κ1) is 10.5. The van der Waals surface area contributed by atoms with Gasteiger partial charge in [0.05, 0.1) is 18.8 Å². The quantitative estimate of drug-likeness (QED) is 0.590. The summed E-state index contributed by atoms with van der Waals surface area (Å²) in [7, 11) is 0. The van der Waals surface area contributed by atoms with Crippen molar-refractivity contribution in [2.45, 2.75) is 38.2 Å². The number of unbranched alkanes of at least 4 members (excludes halogenated alkanes) is 2. The van der Waals surface area contributed by atoms with Gasteiger partial charge in [-0.05, 0) is 25.7 Å². The first-order valence-corrected chi connectivity index (χ1v) is 5.00. The van der Waals surface area contributed by atoms with Crippen molar-refractivity contribution < 1.29 is 9.47 Å². The molecule has 1 fully saturated rings. The lowest BCUT2D eigenvalue weighted by Gasteiger charge is -2.09. The van der Waals surface area contributed by atoms with Gasteiger partial charge < -0.3 is 9.47 Å². The third-order valence-corrected chi connectivity index (χ3v) is 2.15. The third kappa shape index (κ3) is 4.87. The van der Waals surface area contributed by atoms with Crippen molar-refractivity contribution in [1.29, 1.82) is 5.26 Å². The Hall–Kier alpha value is -0.590. The SMILES string of the molecule is N#CCCCCOCC1CCCO1. The van der Waals surface area contributed by atoms with E-state index in [1.807, 2.05) is 0 Å². The molecule has 3 nitrogen and oxygen atoms in total. The predicted molar refractivity (Wildman–Crippen MR) is 49.3 cm³/mol. The molecule has 1 aliphatic heterocycles. The lowest BCUT2D eigenvalue weighted by Crippen LogP contribution is -2.14. The van der Waals surface area contributed by atoms with E-state index < -0.39 is 0 Å². The van der Waals surface area contributed by atoms with Gasteiger partial charge in [-0.15, -0.1) is 0 Å². The van der Waals surface area contributed by atoms with Gasteiger partial charge in [0.2, 0.25) is 0 Å². The molecule has 74 valence electrons. The summed E-state index contributed by atoms with van der Waals surface area (Å²) >= 11 is 0. The maximum Gasteiger partial charge on any atom is 0.0809 e. The number of ether oxygens (including phenoxy) is 2. The molecular weight excluding hydrogens is 166 g/mol. The smallest absolute Gasteiger partial charge is 0.0809 e. The highest BCUT2D eigenvalue weighted by Crippen LogP contribution is 2.11. The first-order valence-electron chi connectivity index (χ1n) is 5.00. The average Bonchev–Trinajstić information content (AvgIpc) is 2.63. The fourth-order valence-corrected chi connectivity index (χ4v) is 1.40. The molecule has 0 aliphatic carbocycles. The van der Waals surface area contributed by atoms with Crippen molar-refractivity contribution in [3.05, 3.63) is 0 Å². The predicted octanol–water partition coefficient (Wildman–Crippen LogP) is 1.88. The van der Waals surface area contributed by atoms with Crippen molar-refractivity contribution in [2.24, 2.45) is 0 Å². The van der Waals surface area contributed by atoms with Gasteiger partial charge in [-0.2, -0.15) is 5.26 Å². The van der Waals surface area contributed by atoms with Crippen LogP contribution in [0.4, 0.5) is 0 Å². The maximum absolute atomic E-state index is 8.28. The minimum absolute atomic E-state index is 0.330. The number of nitriles is 1. The van der Waals surface area contributed by atoms with Gasteiger partial charge in [0, 0.05) is 19.6 Å². The van der Waals surface area contributed by atoms with Gasteiger partial charge in [-0.25, -0.2) is 0 Å². The van der Waals surface area contributed by atoms with Gasteiger partial charge in [0.15, 0.2) is 0 Å². The minimum atomic E-state index is 0.330. The summed E-state index contributed by atoms with van der Waals surface area (Å²) in [6.45, 7) is 2.39. The highest BCUT2D eigenvalue weighted by atomic mass is 16.5. The Bertz CT molecular complexity index is 159. The van der Waals surface area contributed by atoms with E-state index in [-0.39, 0.29) is 0 Å². The zero-order valence-electron chi connectivity index (χ0n) is 8.00. The van der Waals surface area contributed by atoms with E-state index in [9.17, 15) is 0 Å². The molecule has 0 radical (unpaired) electrons. The van der Waals surface area contributed by atoms with Crippen LogP contribution in [-0.2, 0) is 9.47 Å². The summed E-state index contributed by atoms with van der Waals surface area (Å²) in [5, 5.41) is 8.28. The van der Waals surface area contributed by atoms with Crippen LogP contribution in [0, 0.1) is 11.3 Å². The molecule has 0 bridgehead atoms. The lowest BCUT2D eigenvalue weighted by atomic mass is 10.2. The average molecular weight is 183 g/mol. The topological polar surface area (TPSA) is 42.2 Å². The molecule has 1 heterocycles. The highest BCUT2D eigenvalue weighted by molar-refractivity contribution is 4.68. The number of hydrogen-bond donors (Lipinski definition) is 0. The number of hydrogen-bond acceptors (Lipinski definition) is 3. The van der Waals surface area contributed by atoms with Crippen LogP contribution in [0.15, 0.2) is 0 Å². The van der Waals surface area contributed by atoms with E-state index in [0.29, 0.717) is 12.5 Å². The summed E-state index contributed by atoms with van der Waals surface area (Å²) in [5.74, 6) is 0.